The number of aliphatic hydroxyl groups is 1. The van der Waals surface area contributed by atoms with Crippen LogP contribution in [0.5, 0.6) is 11.5 Å². The molecule has 0 spiro atoms. The Bertz CT molecular complexity index is 5240. The first-order chi connectivity index (χ1) is 59.0. The van der Waals surface area contributed by atoms with Crippen LogP contribution in [0.15, 0.2) is 83.7 Å². The highest BCUT2D eigenvalue weighted by Gasteiger charge is 2.58. The Labute approximate surface area is 705 Å². The molecule has 0 unspecified atom stereocenters. The Kier molecular flexibility index (Phi) is 29.0. The maximum absolute atomic E-state index is 15.9. The van der Waals surface area contributed by atoms with Gasteiger partial charge in [-0.15, -0.1) is 0 Å². The summed E-state index contributed by atoms with van der Waals surface area (Å²) in [7, 11) is 3.05. The van der Waals surface area contributed by atoms with E-state index in [0.29, 0.717) is 5.56 Å². The molecular formula is C84H91F2N7O31. The predicted octanol–water partition coefficient (Wildman–Crippen LogP) is 5.36. The molecular weight excluding hydrogens is 1640 g/mol. The lowest BCUT2D eigenvalue weighted by atomic mass is 9.86. The Morgan fingerprint density at radius 1 is 0.685 bits per heavy atom. The molecule has 1 aliphatic carbocycles. The maximum atomic E-state index is 15.9. The van der Waals surface area contributed by atoms with Crippen molar-refractivity contribution in [3.05, 3.63) is 140 Å². The maximum Gasteiger partial charge on any atom is 0.410 e. The number of ether oxygens (including phenoxy) is 15. The predicted molar refractivity (Wildman–Crippen MR) is 419 cm³/mol. The van der Waals surface area contributed by atoms with Crippen molar-refractivity contribution in [1.82, 2.24) is 30.4 Å². The number of halogens is 2. The van der Waals surface area contributed by atoms with Crippen LogP contribution >= 0.6 is 0 Å². The van der Waals surface area contributed by atoms with E-state index in [9.17, 15) is 77.0 Å². The number of cyclic esters (lactones) is 1. The summed E-state index contributed by atoms with van der Waals surface area (Å²) in [6, 6.07) is 18.9. The van der Waals surface area contributed by atoms with Crippen LogP contribution in [0.2, 0.25) is 0 Å². The van der Waals surface area contributed by atoms with E-state index < -0.39 is 224 Å². The fraction of sp³-hybridized carbons (Fsp3) is 0.452. The SMILES string of the molecule is CC[C@@]1(O)C(=O)OCc2c1cc1n(c2=O)Cc2c-1nc1cc(F)c(F)c(OC)c1c2CCN(C(=O)OCc1ccc(O[C@@H]2O[C@H](C(=O)OC)[C@@H](OC(C)=O)[C@H](OC(C)=O)[C@H]2OC(C)=O)c(NC(=O)CCNC(=O)[C@H](CCCC(=O)N[C@@H]2O[C@H](C(=O)OC)[C@@H](OC(C)=O)[C@H](OC(C)=O)[C@H]2OC(C)=O)NC(=O)OCC2c3ccccc3-c3ccccc32)c1)C(C)C. The van der Waals surface area contributed by atoms with E-state index in [2.05, 4.69) is 21.3 Å². The summed E-state index contributed by atoms with van der Waals surface area (Å²) in [6.45, 7) is 8.44. The Hall–Kier alpha value is -13.2. The third-order valence-corrected chi connectivity index (χ3v) is 21.0. The molecule has 4 aliphatic heterocycles. The number of amides is 5. The quantitative estimate of drug-likeness (QED) is 0.0270. The number of fused-ring (bicyclic) bond motifs is 8. The first-order valence-corrected chi connectivity index (χ1v) is 39.3. The zero-order valence-electron chi connectivity index (χ0n) is 69.3. The number of nitrogens with zero attached hydrogens (tertiary/aromatic N) is 3. The van der Waals surface area contributed by atoms with Gasteiger partial charge in [-0.1, -0.05) is 61.5 Å². The zero-order valence-corrected chi connectivity index (χ0v) is 69.3. The van der Waals surface area contributed by atoms with Gasteiger partial charge in [-0.25, -0.2) is 33.3 Å². The third kappa shape index (κ3) is 20.1. The molecule has 124 heavy (non-hydrogen) atoms. The first-order valence-electron chi connectivity index (χ1n) is 39.3. The number of benzene rings is 4. The molecule has 2 saturated heterocycles. The summed E-state index contributed by atoms with van der Waals surface area (Å²) >= 11 is 0. The molecule has 40 heteroatoms. The van der Waals surface area contributed by atoms with E-state index >= 15 is 8.78 Å². The van der Waals surface area contributed by atoms with Gasteiger partial charge in [-0.3, -0.25) is 47.9 Å². The summed E-state index contributed by atoms with van der Waals surface area (Å²) in [5.74, 6) is -16.1. The van der Waals surface area contributed by atoms with E-state index in [1.807, 2.05) is 48.5 Å². The van der Waals surface area contributed by atoms with Gasteiger partial charge in [0.1, 0.15) is 31.6 Å². The molecule has 0 radical (unpaired) electrons. The second kappa shape index (κ2) is 39.3. The molecule has 5 aliphatic rings. The van der Waals surface area contributed by atoms with Gasteiger partial charge in [0.05, 0.1) is 56.0 Å². The average Bonchev–Trinajstić information content (AvgIpc) is 1.52. The number of methoxy groups -OCH3 is 3. The molecule has 2 aromatic heterocycles. The molecule has 5 amide bonds. The smallest absolute Gasteiger partial charge is 0.410 e. The number of hydrogen-bond donors (Lipinski definition) is 5. The van der Waals surface area contributed by atoms with E-state index in [-0.39, 0.29) is 101 Å². The first kappa shape index (κ1) is 91.5. The molecule has 0 saturated carbocycles. The summed E-state index contributed by atoms with van der Waals surface area (Å²) < 4.78 is 116. The lowest BCUT2D eigenvalue weighted by molar-refractivity contribution is -0.282. The lowest BCUT2D eigenvalue weighted by Crippen LogP contribution is -2.67. The lowest BCUT2D eigenvalue weighted by Gasteiger charge is -2.43. The second-order valence-corrected chi connectivity index (χ2v) is 29.6. The molecule has 6 heterocycles. The summed E-state index contributed by atoms with van der Waals surface area (Å²) in [4.78, 5) is 207. The molecule has 5 N–H and O–H groups in total. The van der Waals surface area contributed by atoms with Gasteiger partial charge in [0.15, 0.2) is 66.1 Å². The Morgan fingerprint density at radius 2 is 1.27 bits per heavy atom. The zero-order chi connectivity index (χ0) is 90.0. The number of hydrogen-bond acceptors (Lipinski definition) is 32. The molecule has 6 aromatic rings. The number of carbonyl (C=O) groups is 14. The van der Waals surface area contributed by atoms with E-state index in [1.54, 1.807) is 13.8 Å². The number of rotatable bonds is 31. The average molecular weight is 1730 g/mol. The molecule has 12 atom stereocenters. The topological polar surface area (TPSA) is 484 Å². The van der Waals surface area contributed by atoms with Crippen molar-refractivity contribution < 1.29 is 152 Å². The minimum absolute atomic E-state index is 0.000796. The molecule has 38 nitrogen and oxygen atoms in total. The fourth-order valence-corrected chi connectivity index (χ4v) is 15.5. The highest BCUT2D eigenvalue weighted by molar-refractivity contribution is 5.95. The normalized spacial score (nSPS) is 21.0. The molecule has 662 valence electrons. The van der Waals surface area contributed by atoms with E-state index in [1.165, 1.54) is 40.7 Å². The number of nitrogens with one attached hydrogen (secondary N) is 4. The monoisotopic (exact) mass is 1730 g/mol. The van der Waals surface area contributed by atoms with Gasteiger partial charge < -0.3 is 107 Å². The van der Waals surface area contributed by atoms with Crippen LogP contribution in [0.25, 0.3) is 33.4 Å². The molecule has 2 fully saturated rings. The number of esters is 9. The second-order valence-electron chi connectivity index (χ2n) is 29.6. The molecule has 0 bridgehead atoms. The van der Waals surface area contributed by atoms with Crippen LogP contribution in [0.1, 0.15) is 139 Å². The van der Waals surface area contributed by atoms with Crippen molar-refractivity contribution in [2.75, 3.05) is 46.3 Å². The molecule has 4 aromatic carbocycles. The summed E-state index contributed by atoms with van der Waals surface area (Å²) in [6.07, 6.45) is -22.5. The van der Waals surface area contributed by atoms with Crippen LogP contribution in [0.3, 0.4) is 0 Å². The van der Waals surface area contributed by atoms with E-state index in [4.69, 9.17) is 76.0 Å². The van der Waals surface area contributed by atoms with Gasteiger partial charge in [0.25, 0.3) is 5.56 Å². The number of carbonyl (C=O) groups excluding carboxylic acids is 14. The number of aromatic nitrogens is 2. The summed E-state index contributed by atoms with van der Waals surface area (Å²) in [5, 5.41) is 21.9. The van der Waals surface area contributed by atoms with Gasteiger partial charge >= 0.3 is 65.9 Å². The third-order valence-electron chi connectivity index (χ3n) is 21.0. The summed E-state index contributed by atoms with van der Waals surface area (Å²) in [5.41, 5.74) is 1.23. The number of alkyl carbamates (subject to hydrolysis) is 1. The van der Waals surface area contributed by atoms with Crippen molar-refractivity contribution in [2.45, 2.75) is 206 Å². The van der Waals surface area contributed by atoms with Gasteiger partial charge in [-0.05, 0) is 91.1 Å². The van der Waals surface area contributed by atoms with Crippen LogP contribution in [-0.4, -0.2) is 218 Å². The van der Waals surface area contributed by atoms with Crippen LogP contribution in [0, 0.1) is 11.6 Å². The van der Waals surface area contributed by atoms with Crippen LogP contribution in [-0.2, 0) is 151 Å². The van der Waals surface area contributed by atoms with Gasteiger partial charge in [0, 0.05) is 102 Å². The standard InChI is InChI=1S/C84H91F2N7O31/c1-13-84(109)54-32-59-65-51(34-93(59)77(103)53(54)37-113-81(84)106)50(63-58(89-65)33-55(85)64(86)66(63)110-10)28-30-92(38(2)3)83(108)115-35-45-25-26-60(122-80-74(121-44(9)99)70(119-42(7)97)69(118-41(6)96)73(124-80)79(105)112-12)57(31-45)88-62(101)27-29-87-75(102)56(90-82(107)114-36-52-48-21-16-14-19-46(48)47-20-15-17-22-49(47)52)23-18-24-61(100)91-76-71(120-43(8)98)67(116-39(4)94)68(117-40(5)95)72(123-76)78(104)111-11/h14-17,19-22,25-26,31-33,38,52,56,67-74,76,80,109H,13,18,23-24,27-30,34-37H2,1-12H3,(H,87,102)(H,88,101)(H,90,107)(H,91,100)/t56-,67-,68-,69-,70-,71+,72-,73-,74+,76+,80+,84-/m0/s1. The fourth-order valence-electron chi connectivity index (χ4n) is 15.5. The number of pyridine rings is 2. The minimum Gasteiger partial charge on any atom is -0.493 e. The van der Waals surface area contributed by atoms with Crippen molar-refractivity contribution in [1.29, 1.82) is 0 Å². The van der Waals surface area contributed by atoms with E-state index in [0.717, 1.165) is 91.2 Å². The number of anilines is 1. The minimum atomic E-state index is -2.21. The highest BCUT2D eigenvalue weighted by atomic mass is 19.2. The van der Waals surface area contributed by atoms with Crippen molar-refractivity contribution in [3.8, 4) is 34.0 Å². The molecule has 11 rings (SSSR count). The Morgan fingerprint density at radius 3 is 1.85 bits per heavy atom. The van der Waals surface area contributed by atoms with Gasteiger partial charge in [-0.2, -0.15) is 4.39 Å². The van der Waals surface area contributed by atoms with Gasteiger partial charge in [0.2, 0.25) is 35.9 Å². The highest BCUT2D eigenvalue weighted by Crippen LogP contribution is 2.47. The van der Waals surface area contributed by atoms with Crippen molar-refractivity contribution >= 4 is 100 Å². The van der Waals surface area contributed by atoms with Crippen LogP contribution in [0.4, 0.5) is 24.1 Å². The van der Waals surface area contributed by atoms with Crippen molar-refractivity contribution in [3.63, 3.8) is 0 Å². The largest absolute Gasteiger partial charge is 0.493 e. The van der Waals surface area contributed by atoms with Crippen LogP contribution < -0.4 is 36.3 Å². The Balaban J connectivity index is 0.855. The van der Waals surface area contributed by atoms with Crippen molar-refractivity contribution in [2.24, 2.45) is 0 Å².